The molecule has 0 saturated heterocycles. The molecule has 3 aromatic heterocycles. The van der Waals surface area contributed by atoms with Crippen molar-refractivity contribution < 1.29 is 0 Å². The van der Waals surface area contributed by atoms with Crippen LogP contribution in [-0.4, -0.2) is 31.9 Å². The third-order valence-corrected chi connectivity index (χ3v) is 13.7. The maximum Gasteiger partial charge on any atom is 0.160 e. The molecule has 1 aliphatic carbocycles. The number of dihydropyridines is 1. The fraction of sp³-hybridized carbons (Fsp3) is 0.109. The molecular formula is C64H51N5. The maximum atomic E-state index is 5.21. The summed E-state index contributed by atoms with van der Waals surface area (Å²) in [6.45, 7) is 4.99. The molecule has 0 fully saturated rings. The van der Waals surface area contributed by atoms with Gasteiger partial charge in [0, 0.05) is 51.6 Å². The van der Waals surface area contributed by atoms with Gasteiger partial charge in [0.1, 0.15) is 0 Å². The number of aromatic nitrogens is 4. The van der Waals surface area contributed by atoms with Gasteiger partial charge in [-0.1, -0.05) is 146 Å². The van der Waals surface area contributed by atoms with Crippen molar-refractivity contribution in [3.8, 4) is 56.1 Å². The molecule has 0 radical (unpaired) electrons. The molecule has 0 amide bonds. The van der Waals surface area contributed by atoms with Crippen molar-refractivity contribution in [3.63, 3.8) is 0 Å². The second-order valence-corrected chi connectivity index (χ2v) is 18.0. The van der Waals surface area contributed by atoms with Crippen LogP contribution in [0.25, 0.3) is 106 Å². The Hall–Kier alpha value is -8.41. The van der Waals surface area contributed by atoms with Crippen LogP contribution >= 0.6 is 0 Å². The highest BCUT2D eigenvalue weighted by Crippen LogP contribution is 2.41. The zero-order chi connectivity index (χ0) is 46.3. The second-order valence-electron chi connectivity index (χ2n) is 18.0. The van der Waals surface area contributed by atoms with Crippen LogP contribution in [0.4, 0.5) is 0 Å². The van der Waals surface area contributed by atoms with Gasteiger partial charge >= 0.3 is 0 Å². The van der Waals surface area contributed by atoms with Crippen molar-refractivity contribution >= 4 is 56.1 Å². The SMILES string of the molecule is C/C=C\C(=C/CC)c1cc(C2=CC=NCC2)nc(-c2ccc(-c3cc(-n4c5c(c6cc(-c7ccccc7)ccc64)CCC=C5)cc(-n4c5ccccc5c5cc(-c6ccccc6)ccc54)c3)cc2)n1. The van der Waals surface area contributed by atoms with Crippen LogP contribution in [-0.2, 0) is 6.42 Å². The largest absolute Gasteiger partial charge is 0.309 e. The molecule has 332 valence electrons. The van der Waals surface area contributed by atoms with Crippen molar-refractivity contribution in [1.82, 2.24) is 19.1 Å². The highest BCUT2D eigenvalue weighted by atomic mass is 15.0. The van der Waals surface area contributed by atoms with Gasteiger partial charge in [-0.25, -0.2) is 9.97 Å². The zero-order valence-corrected chi connectivity index (χ0v) is 39.0. The molecule has 12 rings (SSSR count). The minimum Gasteiger partial charge on any atom is -0.309 e. The number of nitrogens with zero attached hydrogens (tertiary/aromatic N) is 5. The predicted molar refractivity (Wildman–Crippen MR) is 291 cm³/mol. The molecule has 1 aliphatic heterocycles. The Kier molecular flexibility index (Phi) is 11.0. The number of aliphatic imine (C=N–C) groups is 1. The lowest BCUT2D eigenvalue weighted by atomic mass is 9.98. The first-order chi connectivity index (χ1) is 34.1. The molecule has 10 aromatic rings. The summed E-state index contributed by atoms with van der Waals surface area (Å²) >= 11 is 0. The van der Waals surface area contributed by atoms with Crippen LogP contribution in [0.2, 0.25) is 0 Å². The third kappa shape index (κ3) is 7.76. The van der Waals surface area contributed by atoms with E-state index in [2.05, 4.69) is 234 Å². The van der Waals surface area contributed by atoms with Crippen LogP contribution in [0.5, 0.6) is 0 Å². The fourth-order valence-corrected chi connectivity index (χ4v) is 10.5. The van der Waals surface area contributed by atoms with Crippen LogP contribution in [0.1, 0.15) is 55.8 Å². The Morgan fingerprint density at radius 2 is 1.20 bits per heavy atom. The average molecular weight is 890 g/mol. The van der Waals surface area contributed by atoms with Gasteiger partial charge in [-0.15, -0.1) is 0 Å². The number of hydrogen-bond donors (Lipinski definition) is 0. The molecular weight excluding hydrogens is 839 g/mol. The van der Waals surface area contributed by atoms with E-state index in [-0.39, 0.29) is 0 Å². The van der Waals surface area contributed by atoms with E-state index in [9.17, 15) is 0 Å². The lowest BCUT2D eigenvalue weighted by molar-refractivity contribution is 0.967. The summed E-state index contributed by atoms with van der Waals surface area (Å²) < 4.78 is 4.95. The summed E-state index contributed by atoms with van der Waals surface area (Å²) in [6, 6.07) is 62.3. The fourth-order valence-electron chi connectivity index (χ4n) is 10.5. The molecule has 0 spiro atoms. The van der Waals surface area contributed by atoms with Crippen LogP contribution < -0.4 is 0 Å². The van der Waals surface area contributed by atoms with Gasteiger partial charge in [0.25, 0.3) is 0 Å². The van der Waals surface area contributed by atoms with Crippen LogP contribution in [0.3, 0.4) is 0 Å². The third-order valence-electron chi connectivity index (χ3n) is 13.7. The van der Waals surface area contributed by atoms with E-state index >= 15 is 0 Å². The normalized spacial score (nSPS) is 13.8. The summed E-state index contributed by atoms with van der Waals surface area (Å²) in [5, 5.41) is 3.76. The van der Waals surface area contributed by atoms with E-state index in [0.29, 0.717) is 5.82 Å². The van der Waals surface area contributed by atoms with Gasteiger partial charge in [-0.3, -0.25) is 4.99 Å². The molecule has 7 aromatic carbocycles. The Balaban J connectivity index is 1.05. The van der Waals surface area contributed by atoms with E-state index in [0.717, 1.165) is 77.3 Å². The molecule has 4 heterocycles. The standard InChI is InChI=1S/C64H51N5/c1-3-15-46(16-4-2)58-42-59(47-33-35-65-36-34-47)67-64(66-58)48-27-25-45(26-28-48)51-37-52(68-60-23-13-11-21-54(60)56-39-49(29-31-62(56)68)43-17-7-5-8-18-43)41-53(38-51)69-61-24-14-12-22-55(61)57-40-50(30-32-63(57)69)44-19-9-6-10-20-44/h3,5-11,13-21,23-33,35,37-42H,4,12,22,34,36H2,1-2H3/b15-3-,46-16+. The van der Waals surface area contributed by atoms with Crippen molar-refractivity contribution in [3.05, 3.63) is 223 Å². The molecule has 0 saturated carbocycles. The monoisotopic (exact) mass is 889 g/mol. The second kappa shape index (κ2) is 18.0. The van der Waals surface area contributed by atoms with Gasteiger partial charge in [-0.05, 0) is 149 Å². The predicted octanol–water partition coefficient (Wildman–Crippen LogP) is 16.4. The van der Waals surface area contributed by atoms with E-state index < -0.39 is 0 Å². The van der Waals surface area contributed by atoms with Crippen molar-refractivity contribution in [2.24, 2.45) is 4.99 Å². The number of para-hydroxylation sites is 1. The van der Waals surface area contributed by atoms with Crippen LogP contribution in [0, 0.1) is 0 Å². The topological polar surface area (TPSA) is 48.0 Å². The van der Waals surface area contributed by atoms with Gasteiger partial charge < -0.3 is 9.13 Å². The van der Waals surface area contributed by atoms with E-state index in [1.807, 2.05) is 6.21 Å². The summed E-state index contributed by atoms with van der Waals surface area (Å²) in [7, 11) is 0. The number of aryl methyl sites for hydroxylation is 1. The molecule has 0 N–H and O–H groups in total. The van der Waals surface area contributed by atoms with E-state index in [4.69, 9.17) is 9.97 Å². The van der Waals surface area contributed by atoms with Gasteiger partial charge in [0.15, 0.2) is 5.82 Å². The quantitative estimate of drug-likeness (QED) is 0.128. The summed E-state index contributed by atoms with van der Waals surface area (Å²) in [5.74, 6) is 0.714. The first-order valence-electron chi connectivity index (χ1n) is 24.3. The zero-order valence-electron chi connectivity index (χ0n) is 39.0. The Morgan fingerprint density at radius 3 is 1.91 bits per heavy atom. The van der Waals surface area contributed by atoms with Crippen molar-refractivity contribution in [2.45, 2.75) is 39.5 Å². The van der Waals surface area contributed by atoms with Gasteiger partial charge in [0.05, 0.1) is 27.9 Å². The van der Waals surface area contributed by atoms with Gasteiger partial charge in [-0.2, -0.15) is 0 Å². The van der Waals surface area contributed by atoms with Crippen molar-refractivity contribution in [1.29, 1.82) is 0 Å². The first kappa shape index (κ1) is 42.0. The number of rotatable bonds is 10. The number of fused-ring (bicyclic) bond motifs is 6. The lowest BCUT2D eigenvalue weighted by Gasteiger charge is -2.17. The number of allylic oxidation sites excluding steroid dienone is 6. The molecule has 5 nitrogen and oxygen atoms in total. The molecule has 5 heteroatoms. The molecule has 2 aliphatic rings. The van der Waals surface area contributed by atoms with E-state index in [1.165, 1.54) is 71.8 Å². The summed E-state index contributed by atoms with van der Waals surface area (Å²) in [4.78, 5) is 14.9. The Bertz CT molecular complexity index is 3750. The average Bonchev–Trinajstić information content (AvgIpc) is 3.93. The highest BCUT2D eigenvalue weighted by molar-refractivity contribution is 6.10. The lowest BCUT2D eigenvalue weighted by Crippen LogP contribution is -2.03. The van der Waals surface area contributed by atoms with E-state index in [1.54, 1.807) is 0 Å². The number of hydrogen-bond acceptors (Lipinski definition) is 3. The minimum atomic E-state index is 0.714. The minimum absolute atomic E-state index is 0.714. The van der Waals surface area contributed by atoms with Gasteiger partial charge in [0.2, 0.25) is 0 Å². The maximum absolute atomic E-state index is 5.21. The molecule has 0 atom stereocenters. The van der Waals surface area contributed by atoms with Crippen molar-refractivity contribution in [2.75, 3.05) is 6.54 Å². The smallest absolute Gasteiger partial charge is 0.160 e. The molecule has 0 unspecified atom stereocenters. The molecule has 69 heavy (non-hydrogen) atoms. The number of benzene rings is 7. The highest BCUT2D eigenvalue weighted by Gasteiger charge is 2.22. The summed E-state index contributed by atoms with van der Waals surface area (Å²) in [5.41, 5.74) is 20.7. The van der Waals surface area contributed by atoms with Crippen LogP contribution in [0.15, 0.2) is 205 Å². The Morgan fingerprint density at radius 1 is 0.565 bits per heavy atom. The molecule has 0 bridgehead atoms. The Labute approximate surface area is 403 Å². The summed E-state index contributed by atoms with van der Waals surface area (Å²) in [6.07, 6.45) is 18.9. The first-order valence-corrected chi connectivity index (χ1v) is 24.3.